The number of halogens is 3. The molecule has 0 bridgehead atoms. The van der Waals surface area contributed by atoms with Gasteiger partial charge < -0.3 is 10.6 Å². The van der Waals surface area contributed by atoms with E-state index in [9.17, 15) is 4.39 Å². The van der Waals surface area contributed by atoms with Crippen LogP contribution in [0.5, 0.6) is 0 Å². The van der Waals surface area contributed by atoms with Crippen molar-refractivity contribution in [1.29, 1.82) is 0 Å². The lowest BCUT2D eigenvalue weighted by Crippen LogP contribution is -2.46. The van der Waals surface area contributed by atoms with Crippen molar-refractivity contribution in [1.82, 2.24) is 9.88 Å². The van der Waals surface area contributed by atoms with Crippen LogP contribution in [0, 0.1) is 5.82 Å². The SMILES string of the molecule is Cl.Nc1ncc(CN2CCN(c3ccc(F)cc3Cl)CC2)s1. The quantitative estimate of drug-likeness (QED) is 0.909. The van der Waals surface area contributed by atoms with Crippen molar-refractivity contribution < 1.29 is 4.39 Å². The second kappa shape index (κ2) is 7.46. The van der Waals surface area contributed by atoms with Crippen LogP contribution >= 0.6 is 35.3 Å². The van der Waals surface area contributed by atoms with E-state index in [0.29, 0.717) is 10.2 Å². The second-order valence-corrected chi connectivity index (χ2v) is 6.58. The Hall–Kier alpha value is -1.08. The maximum atomic E-state index is 13.1. The number of piperazine rings is 1. The molecule has 1 fully saturated rings. The predicted molar refractivity (Wildman–Crippen MR) is 92.7 cm³/mol. The number of nitrogens with zero attached hydrogens (tertiary/aromatic N) is 3. The van der Waals surface area contributed by atoms with Gasteiger partial charge in [-0.3, -0.25) is 4.90 Å². The molecular formula is C14H17Cl2FN4S. The highest BCUT2D eigenvalue weighted by Gasteiger charge is 2.19. The first kappa shape index (κ1) is 17.3. The second-order valence-electron chi connectivity index (χ2n) is 5.02. The van der Waals surface area contributed by atoms with Gasteiger partial charge in [-0.2, -0.15) is 0 Å². The minimum Gasteiger partial charge on any atom is -0.375 e. The van der Waals surface area contributed by atoms with E-state index in [2.05, 4.69) is 14.8 Å². The third-order valence-corrected chi connectivity index (χ3v) is 4.69. The van der Waals surface area contributed by atoms with Gasteiger partial charge >= 0.3 is 0 Å². The molecule has 1 aromatic carbocycles. The van der Waals surface area contributed by atoms with Crippen LogP contribution in [0.25, 0.3) is 0 Å². The van der Waals surface area contributed by atoms with Gasteiger partial charge in [0.25, 0.3) is 0 Å². The first-order valence-corrected chi connectivity index (χ1v) is 7.94. The normalized spacial score (nSPS) is 15.6. The van der Waals surface area contributed by atoms with Gasteiger partial charge in [-0.15, -0.1) is 23.7 Å². The summed E-state index contributed by atoms with van der Waals surface area (Å²) in [7, 11) is 0. The molecule has 1 saturated heterocycles. The van der Waals surface area contributed by atoms with Gasteiger partial charge in [0.2, 0.25) is 0 Å². The van der Waals surface area contributed by atoms with Gasteiger partial charge in [0.05, 0.1) is 10.7 Å². The lowest BCUT2D eigenvalue weighted by Gasteiger charge is -2.36. The van der Waals surface area contributed by atoms with Gasteiger partial charge in [0.15, 0.2) is 5.13 Å². The fourth-order valence-corrected chi connectivity index (χ4v) is 3.51. The van der Waals surface area contributed by atoms with Crippen molar-refractivity contribution in [2.45, 2.75) is 6.54 Å². The summed E-state index contributed by atoms with van der Waals surface area (Å²) in [5.41, 5.74) is 6.55. The fourth-order valence-electron chi connectivity index (χ4n) is 2.50. The van der Waals surface area contributed by atoms with E-state index in [0.717, 1.165) is 38.4 Å². The van der Waals surface area contributed by atoms with Crippen LogP contribution in [-0.2, 0) is 6.54 Å². The molecule has 1 aliphatic rings. The Balaban J connectivity index is 0.00000176. The molecule has 0 amide bonds. The Morgan fingerprint density at radius 3 is 2.59 bits per heavy atom. The standard InChI is InChI=1S/C14H16ClFN4S.ClH/c15-12-7-10(16)1-2-13(12)20-5-3-19(4-6-20)9-11-8-18-14(17)21-11;/h1-2,7-8H,3-6,9H2,(H2,17,18);1H. The number of thiazole rings is 1. The Morgan fingerprint density at radius 2 is 2.00 bits per heavy atom. The first-order chi connectivity index (χ1) is 10.1. The van der Waals surface area contributed by atoms with E-state index in [1.807, 2.05) is 6.20 Å². The van der Waals surface area contributed by atoms with Crippen molar-refractivity contribution in [2.75, 3.05) is 36.8 Å². The number of anilines is 2. The lowest BCUT2D eigenvalue weighted by atomic mass is 10.2. The molecule has 2 N–H and O–H groups in total. The van der Waals surface area contributed by atoms with Gasteiger partial charge in [0.1, 0.15) is 5.82 Å². The molecule has 22 heavy (non-hydrogen) atoms. The van der Waals surface area contributed by atoms with E-state index in [1.165, 1.54) is 28.3 Å². The topological polar surface area (TPSA) is 45.4 Å². The highest BCUT2D eigenvalue weighted by atomic mass is 35.5. The molecule has 2 aromatic rings. The monoisotopic (exact) mass is 362 g/mol. The molecule has 120 valence electrons. The van der Waals surface area contributed by atoms with Crippen LogP contribution in [0.4, 0.5) is 15.2 Å². The highest BCUT2D eigenvalue weighted by Crippen LogP contribution is 2.27. The van der Waals surface area contributed by atoms with Crippen molar-refractivity contribution in [3.05, 3.63) is 40.1 Å². The number of rotatable bonds is 3. The average molecular weight is 363 g/mol. The van der Waals surface area contributed by atoms with E-state index >= 15 is 0 Å². The summed E-state index contributed by atoms with van der Waals surface area (Å²) in [6.45, 7) is 4.50. The van der Waals surface area contributed by atoms with Gasteiger partial charge in [0, 0.05) is 43.8 Å². The Morgan fingerprint density at radius 1 is 1.27 bits per heavy atom. The summed E-state index contributed by atoms with van der Waals surface area (Å²) in [6, 6.07) is 4.56. The molecular weight excluding hydrogens is 346 g/mol. The molecule has 0 unspecified atom stereocenters. The zero-order chi connectivity index (χ0) is 14.8. The molecule has 0 saturated carbocycles. The zero-order valence-electron chi connectivity index (χ0n) is 11.8. The summed E-state index contributed by atoms with van der Waals surface area (Å²) in [5, 5.41) is 1.08. The minimum atomic E-state index is -0.301. The van der Waals surface area contributed by atoms with Crippen molar-refractivity contribution in [2.24, 2.45) is 0 Å². The summed E-state index contributed by atoms with van der Waals surface area (Å²) in [4.78, 5) is 9.81. The predicted octanol–water partition coefficient (Wildman–Crippen LogP) is 3.26. The number of hydrogen-bond donors (Lipinski definition) is 1. The lowest BCUT2D eigenvalue weighted by molar-refractivity contribution is 0.252. The molecule has 0 radical (unpaired) electrons. The molecule has 4 nitrogen and oxygen atoms in total. The van der Waals surface area contributed by atoms with E-state index in [-0.39, 0.29) is 18.2 Å². The highest BCUT2D eigenvalue weighted by molar-refractivity contribution is 7.15. The average Bonchev–Trinajstić information content (AvgIpc) is 2.85. The number of aromatic nitrogens is 1. The van der Waals surface area contributed by atoms with Crippen molar-refractivity contribution in [3.8, 4) is 0 Å². The van der Waals surface area contributed by atoms with Crippen LogP contribution in [0.2, 0.25) is 5.02 Å². The van der Waals surface area contributed by atoms with Crippen LogP contribution < -0.4 is 10.6 Å². The Kier molecular flexibility index (Phi) is 5.86. The van der Waals surface area contributed by atoms with E-state index in [1.54, 1.807) is 6.07 Å². The van der Waals surface area contributed by atoms with Gasteiger partial charge in [-0.05, 0) is 18.2 Å². The molecule has 3 rings (SSSR count). The summed E-state index contributed by atoms with van der Waals surface area (Å²) in [5.74, 6) is -0.301. The van der Waals surface area contributed by atoms with E-state index < -0.39 is 0 Å². The molecule has 1 aromatic heterocycles. The van der Waals surface area contributed by atoms with Crippen molar-refractivity contribution in [3.63, 3.8) is 0 Å². The number of hydrogen-bond acceptors (Lipinski definition) is 5. The van der Waals surface area contributed by atoms with Crippen LogP contribution in [-0.4, -0.2) is 36.1 Å². The van der Waals surface area contributed by atoms with Gasteiger partial charge in [-0.25, -0.2) is 9.37 Å². The first-order valence-electron chi connectivity index (χ1n) is 6.74. The summed E-state index contributed by atoms with van der Waals surface area (Å²) >= 11 is 7.65. The minimum absolute atomic E-state index is 0. The van der Waals surface area contributed by atoms with Crippen molar-refractivity contribution >= 4 is 46.2 Å². The number of benzene rings is 1. The third kappa shape index (κ3) is 4.01. The maximum absolute atomic E-state index is 13.1. The molecule has 0 aliphatic carbocycles. The molecule has 0 atom stereocenters. The smallest absolute Gasteiger partial charge is 0.180 e. The molecule has 1 aliphatic heterocycles. The van der Waals surface area contributed by atoms with Crippen LogP contribution in [0.1, 0.15) is 4.88 Å². The molecule has 8 heteroatoms. The fraction of sp³-hybridized carbons (Fsp3) is 0.357. The van der Waals surface area contributed by atoms with Crippen LogP contribution in [0.3, 0.4) is 0 Å². The number of nitrogens with two attached hydrogens (primary N) is 1. The maximum Gasteiger partial charge on any atom is 0.180 e. The summed E-state index contributed by atoms with van der Waals surface area (Å²) < 4.78 is 13.1. The number of nitrogen functional groups attached to an aromatic ring is 1. The zero-order valence-corrected chi connectivity index (χ0v) is 14.2. The summed E-state index contributed by atoms with van der Waals surface area (Å²) in [6.07, 6.45) is 1.84. The van der Waals surface area contributed by atoms with Gasteiger partial charge in [-0.1, -0.05) is 11.6 Å². The Labute approximate surface area is 144 Å². The Bertz CT molecular complexity index is 629. The largest absolute Gasteiger partial charge is 0.375 e. The van der Waals surface area contributed by atoms with Crippen LogP contribution in [0.15, 0.2) is 24.4 Å². The molecule has 2 heterocycles. The molecule has 0 spiro atoms. The van der Waals surface area contributed by atoms with E-state index in [4.69, 9.17) is 17.3 Å². The third-order valence-electron chi connectivity index (χ3n) is 3.57.